The van der Waals surface area contributed by atoms with Crippen molar-refractivity contribution in [3.8, 4) is 0 Å². The molecular weight excluding hydrogens is 178 g/mol. The minimum Gasteiger partial charge on any atom is -0.377 e. The highest BCUT2D eigenvalue weighted by atomic mass is 16.5. The molecule has 0 aliphatic carbocycles. The molecule has 1 saturated heterocycles. The van der Waals surface area contributed by atoms with Crippen molar-refractivity contribution in [1.82, 2.24) is 15.3 Å². The molecule has 0 saturated carbocycles. The third-order valence-corrected chi connectivity index (χ3v) is 2.71. The van der Waals surface area contributed by atoms with Gasteiger partial charge < -0.3 is 15.0 Å². The summed E-state index contributed by atoms with van der Waals surface area (Å²) in [5, 5.41) is 3.36. The number of imidazole rings is 1. The van der Waals surface area contributed by atoms with Crippen LogP contribution in [0.2, 0.25) is 0 Å². The van der Waals surface area contributed by atoms with E-state index in [-0.39, 0.29) is 0 Å². The molecule has 1 aromatic heterocycles. The highest BCUT2D eigenvalue weighted by Gasteiger charge is 2.16. The lowest BCUT2D eigenvalue weighted by Crippen LogP contribution is -2.26. The summed E-state index contributed by atoms with van der Waals surface area (Å²) >= 11 is 0. The number of H-pyrrole nitrogens is 1. The number of nitrogens with one attached hydrogen (secondary N) is 2. The van der Waals surface area contributed by atoms with Gasteiger partial charge in [-0.05, 0) is 25.9 Å². The summed E-state index contributed by atoms with van der Waals surface area (Å²) in [6.45, 7) is 2.80. The molecule has 1 fully saturated rings. The molecule has 0 unspecified atom stereocenters. The van der Waals surface area contributed by atoms with Crippen LogP contribution in [0.5, 0.6) is 0 Å². The molecule has 2 heterocycles. The van der Waals surface area contributed by atoms with Crippen LogP contribution in [-0.2, 0) is 11.3 Å². The molecule has 78 valence electrons. The number of aromatic amines is 1. The number of rotatable bonds is 3. The Morgan fingerprint density at radius 1 is 1.50 bits per heavy atom. The zero-order chi connectivity index (χ0) is 9.80. The maximum Gasteiger partial charge on any atom is 0.132 e. The van der Waals surface area contributed by atoms with Crippen LogP contribution in [0.15, 0.2) is 6.20 Å². The molecule has 0 spiro atoms. The van der Waals surface area contributed by atoms with Crippen molar-refractivity contribution < 1.29 is 4.74 Å². The molecule has 1 aliphatic heterocycles. The molecule has 2 rings (SSSR count). The van der Waals surface area contributed by atoms with E-state index in [0.717, 1.165) is 18.9 Å². The van der Waals surface area contributed by atoms with Crippen LogP contribution in [0.25, 0.3) is 0 Å². The van der Waals surface area contributed by atoms with E-state index >= 15 is 0 Å². The Bertz CT molecular complexity index is 279. The number of hydrogen-bond acceptors (Lipinski definition) is 3. The van der Waals surface area contributed by atoms with Crippen molar-refractivity contribution in [2.45, 2.75) is 25.4 Å². The van der Waals surface area contributed by atoms with E-state index in [2.05, 4.69) is 15.3 Å². The van der Waals surface area contributed by atoms with Gasteiger partial charge in [0.1, 0.15) is 12.4 Å². The van der Waals surface area contributed by atoms with E-state index in [9.17, 15) is 0 Å². The van der Waals surface area contributed by atoms with Crippen molar-refractivity contribution >= 4 is 0 Å². The summed E-state index contributed by atoms with van der Waals surface area (Å²) in [5.41, 5.74) is 1.26. The van der Waals surface area contributed by atoms with Gasteiger partial charge in [-0.1, -0.05) is 0 Å². The lowest BCUT2D eigenvalue weighted by Gasteiger charge is -2.21. The van der Waals surface area contributed by atoms with Crippen molar-refractivity contribution in [2.24, 2.45) is 0 Å². The topological polar surface area (TPSA) is 49.9 Å². The van der Waals surface area contributed by atoms with Gasteiger partial charge in [-0.25, -0.2) is 4.98 Å². The van der Waals surface area contributed by atoms with Gasteiger partial charge in [0.05, 0.1) is 0 Å². The highest BCUT2D eigenvalue weighted by Crippen LogP contribution is 2.23. The van der Waals surface area contributed by atoms with Gasteiger partial charge in [0, 0.05) is 24.9 Å². The monoisotopic (exact) mass is 195 g/mol. The summed E-state index contributed by atoms with van der Waals surface area (Å²) in [5.74, 6) is 1.58. The minimum absolute atomic E-state index is 0.574. The fraction of sp³-hybridized carbons (Fsp3) is 0.700. The molecule has 4 heteroatoms. The summed E-state index contributed by atoms with van der Waals surface area (Å²) < 4.78 is 5.02. The molecule has 14 heavy (non-hydrogen) atoms. The number of hydrogen-bond donors (Lipinski definition) is 2. The predicted octanol–water partition coefficient (Wildman–Crippen LogP) is 1.02. The van der Waals surface area contributed by atoms with E-state index in [1.54, 1.807) is 7.11 Å². The molecule has 0 radical (unpaired) electrons. The molecule has 1 aromatic rings. The van der Waals surface area contributed by atoms with Gasteiger partial charge in [0.25, 0.3) is 0 Å². The summed E-state index contributed by atoms with van der Waals surface area (Å²) in [6.07, 6.45) is 4.35. The summed E-state index contributed by atoms with van der Waals surface area (Å²) in [6, 6.07) is 0. The zero-order valence-electron chi connectivity index (χ0n) is 8.55. The summed E-state index contributed by atoms with van der Waals surface area (Å²) in [4.78, 5) is 7.60. The fourth-order valence-corrected chi connectivity index (χ4v) is 1.93. The van der Waals surface area contributed by atoms with E-state index in [1.807, 2.05) is 6.20 Å². The third-order valence-electron chi connectivity index (χ3n) is 2.71. The summed E-state index contributed by atoms with van der Waals surface area (Å²) in [7, 11) is 1.69. The van der Waals surface area contributed by atoms with Crippen LogP contribution in [0.3, 0.4) is 0 Å². The number of nitrogens with zero attached hydrogens (tertiary/aromatic N) is 1. The van der Waals surface area contributed by atoms with Crippen LogP contribution in [0, 0.1) is 0 Å². The normalized spacial score (nSPS) is 18.6. The van der Waals surface area contributed by atoms with Crippen LogP contribution in [0.1, 0.15) is 30.3 Å². The first-order chi connectivity index (χ1) is 6.90. The second-order valence-corrected chi connectivity index (χ2v) is 3.74. The van der Waals surface area contributed by atoms with Crippen LogP contribution in [-0.4, -0.2) is 30.2 Å². The van der Waals surface area contributed by atoms with Crippen molar-refractivity contribution in [3.63, 3.8) is 0 Å². The van der Waals surface area contributed by atoms with Gasteiger partial charge in [-0.3, -0.25) is 0 Å². The third kappa shape index (κ3) is 2.13. The van der Waals surface area contributed by atoms with Crippen molar-refractivity contribution in [1.29, 1.82) is 0 Å². The van der Waals surface area contributed by atoms with E-state index < -0.39 is 0 Å². The Balaban J connectivity index is 2.00. The van der Waals surface area contributed by atoms with Crippen LogP contribution >= 0.6 is 0 Å². The van der Waals surface area contributed by atoms with Gasteiger partial charge in [0.15, 0.2) is 0 Å². The fourth-order valence-electron chi connectivity index (χ4n) is 1.93. The standard InChI is InChI=1S/C10H17N3O/c1-14-7-10-12-6-9(13-10)8-2-4-11-5-3-8/h6,8,11H,2-5,7H2,1H3,(H,12,13). The van der Waals surface area contributed by atoms with Gasteiger partial charge >= 0.3 is 0 Å². The van der Waals surface area contributed by atoms with Gasteiger partial charge in [-0.15, -0.1) is 0 Å². The van der Waals surface area contributed by atoms with E-state index in [1.165, 1.54) is 18.5 Å². The average Bonchev–Trinajstić information content (AvgIpc) is 2.68. The number of ether oxygens (including phenoxy) is 1. The second kappa shape index (κ2) is 4.57. The molecule has 4 nitrogen and oxygen atoms in total. The molecule has 2 N–H and O–H groups in total. The maximum atomic E-state index is 5.02. The number of aromatic nitrogens is 2. The van der Waals surface area contributed by atoms with E-state index in [0.29, 0.717) is 12.5 Å². The second-order valence-electron chi connectivity index (χ2n) is 3.74. The van der Waals surface area contributed by atoms with Crippen LogP contribution < -0.4 is 5.32 Å². The Kier molecular flexibility index (Phi) is 3.16. The molecule has 0 atom stereocenters. The van der Waals surface area contributed by atoms with Gasteiger partial charge in [-0.2, -0.15) is 0 Å². The zero-order valence-corrected chi connectivity index (χ0v) is 8.55. The van der Waals surface area contributed by atoms with Crippen molar-refractivity contribution in [2.75, 3.05) is 20.2 Å². The van der Waals surface area contributed by atoms with Crippen LogP contribution in [0.4, 0.5) is 0 Å². The number of methoxy groups -OCH3 is 1. The van der Waals surface area contributed by atoms with Crippen molar-refractivity contribution in [3.05, 3.63) is 17.7 Å². The Morgan fingerprint density at radius 2 is 2.29 bits per heavy atom. The largest absolute Gasteiger partial charge is 0.377 e. The molecular formula is C10H17N3O. The highest BCUT2D eigenvalue weighted by molar-refractivity contribution is 5.08. The first-order valence-electron chi connectivity index (χ1n) is 5.13. The molecule has 1 aliphatic rings. The predicted molar refractivity (Wildman–Crippen MR) is 54.1 cm³/mol. The number of piperidine rings is 1. The Labute approximate surface area is 84.1 Å². The average molecular weight is 195 g/mol. The molecule has 0 amide bonds. The van der Waals surface area contributed by atoms with Gasteiger partial charge in [0.2, 0.25) is 0 Å². The lowest BCUT2D eigenvalue weighted by atomic mass is 9.95. The quantitative estimate of drug-likeness (QED) is 0.757. The molecule has 0 aromatic carbocycles. The SMILES string of the molecule is COCc1ncc(C2CCNCC2)[nH]1. The Hall–Kier alpha value is -0.870. The maximum absolute atomic E-state index is 5.02. The first-order valence-corrected chi connectivity index (χ1v) is 5.13. The smallest absolute Gasteiger partial charge is 0.132 e. The van der Waals surface area contributed by atoms with E-state index in [4.69, 9.17) is 4.74 Å². The minimum atomic E-state index is 0.574. The molecule has 0 bridgehead atoms. The Morgan fingerprint density at radius 3 is 3.00 bits per heavy atom. The lowest BCUT2D eigenvalue weighted by molar-refractivity contribution is 0.178. The first kappa shape index (κ1) is 9.68.